The quantitative estimate of drug-likeness (QED) is 0.650. The van der Waals surface area contributed by atoms with Crippen molar-refractivity contribution < 1.29 is 4.74 Å². The molecule has 1 unspecified atom stereocenters. The normalized spacial score (nSPS) is 12.7. The average molecular weight is 280 g/mol. The van der Waals surface area contributed by atoms with Crippen molar-refractivity contribution in [3.8, 4) is 5.75 Å². The van der Waals surface area contributed by atoms with E-state index in [4.69, 9.17) is 10.6 Å². The highest BCUT2D eigenvalue weighted by molar-refractivity contribution is 7.12. The molecule has 0 aliphatic heterocycles. The maximum absolute atomic E-state index is 5.76. The van der Waals surface area contributed by atoms with E-state index in [1.165, 1.54) is 15.3 Å². The van der Waals surface area contributed by atoms with Gasteiger partial charge in [0.1, 0.15) is 11.7 Å². The van der Waals surface area contributed by atoms with E-state index in [0.717, 1.165) is 18.0 Å². The van der Waals surface area contributed by atoms with Crippen LogP contribution in [0.2, 0.25) is 0 Å². The molecule has 0 amide bonds. The molecule has 2 aromatic rings. The Bertz CT molecular complexity index is 520. The fourth-order valence-electron chi connectivity index (χ4n) is 2.12. The number of rotatable bonds is 5. The van der Waals surface area contributed by atoms with Gasteiger partial charge >= 0.3 is 0 Å². The number of aromatic nitrogens is 2. The predicted octanol–water partition coefficient (Wildman–Crippen LogP) is 2.14. The van der Waals surface area contributed by atoms with Crippen LogP contribution in [0.5, 0.6) is 5.75 Å². The van der Waals surface area contributed by atoms with Crippen LogP contribution in [-0.4, -0.2) is 16.9 Å². The number of hydrazine groups is 1. The zero-order chi connectivity index (χ0) is 14.0. The zero-order valence-corrected chi connectivity index (χ0v) is 12.5. The Balaban J connectivity index is 2.49. The minimum absolute atomic E-state index is 0.102. The van der Waals surface area contributed by atoms with Crippen molar-refractivity contribution in [1.29, 1.82) is 0 Å². The van der Waals surface area contributed by atoms with Crippen LogP contribution in [0.4, 0.5) is 0 Å². The van der Waals surface area contributed by atoms with Gasteiger partial charge in [0.15, 0.2) is 5.75 Å². The van der Waals surface area contributed by atoms with Crippen LogP contribution in [0.3, 0.4) is 0 Å². The first kappa shape index (κ1) is 14.0. The summed E-state index contributed by atoms with van der Waals surface area (Å²) in [6.45, 7) is 7.05. The van der Waals surface area contributed by atoms with Gasteiger partial charge in [0, 0.05) is 16.3 Å². The van der Waals surface area contributed by atoms with E-state index < -0.39 is 0 Å². The molecule has 1 atom stereocenters. The van der Waals surface area contributed by atoms with Crippen LogP contribution in [0.15, 0.2) is 12.3 Å². The summed E-state index contributed by atoms with van der Waals surface area (Å²) in [5.41, 5.74) is 5.13. The SMILES string of the molecule is CCn1ncc(OC)c1C(NN)c1cc(C)c(C)s1. The van der Waals surface area contributed by atoms with E-state index in [0.29, 0.717) is 0 Å². The molecule has 0 saturated carbocycles. The number of ether oxygens (including phenoxy) is 1. The largest absolute Gasteiger partial charge is 0.493 e. The van der Waals surface area contributed by atoms with Crippen molar-refractivity contribution >= 4 is 11.3 Å². The van der Waals surface area contributed by atoms with Gasteiger partial charge < -0.3 is 4.74 Å². The maximum atomic E-state index is 5.76. The standard InChI is InChI=1S/C13H20N4OS/c1-5-17-13(10(18-4)7-15-17)12(16-14)11-6-8(2)9(3)19-11/h6-7,12,16H,5,14H2,1-4H3. The van der Waals surface area contributed by atoms with Crippen molar-refractivity contribution in [3.05, 3.63) is 33.3 Å². The van der Waals surface area contributed by atoms with E-state index in [1.807, 2.05) is 4.68 Å². The molecule has 0 aliphatic carbocycles. The number of hydrogen-bond acceptors (Lipinski definition) is 5. The molecule has 0 bridgehead atoms. The van der Waals surface area contributed by atoms with E-state index in [-0.39, 0.29) is 6.04 Å². The molecule has 0 aromatic carbocycles. The van der Waals surface area contributed by atoms with E-state index >= 15 is 0 Å². The molecule has 6 heteroatoms. The Hall–Kier alpha value is -1.37. The molecule has 104 valence electrons. The van der Waals surface area contributed by atoms with E-state index in [1.54, 1.807) is 24.6 Å². The third kappa shape index (κ3) is 2.51. The lowest BCUT2D eigenvalue weighted by atomic mass is 10.1. The Morgan fingerprint density at radius 1 is 1.53 bits per heavy atom. The zero-order valence-electron chi connectivity index (χ0n) is 11.7. The third-order valence-electron chi connectivity index (χ3n) is 3.27. The average Bonchev–Trinajstić information content (AvgIpc) is 2.95. The van der Waals surface area contributed by atoms with E-state index in [2.05, 4.69) is 37.4 Å². The molecule has 0 aliphatic rings. The molecule has 2 heterocycles. The maximum Gasteiger partial charge on any atom is 0.162 e. The van der Waals surface area contributed by atoms with Crippen molar-refractivity contribution in [3.63, 3.8) is 0 Å². The molecular formula is C13H20N4OS. The van der Waals surface area contributed by atoms with Gasteiger partial charge in [0.05, 0.1) is 13.3 Å². The highest BCUT2D eigenvalue weighted by Crippen LogP contribution is 2.34. The molecule has 0 radical (unpaired) electrons. The third-order valence-corrected chi connectivity index (χ3v) is 4.49. The van der Waals surface area contributed by atoms with Crippen LogP contribution in [0.1, 0.15) is 34.0 Å². The Morgan fingerprint density at radius 2 is 2.26 bits per heavy atom. The molecule has 3 N–H and O–H groups in total. The monoisotopic (exact) mass is 280 g/mol. The van der Waals surface area contributed by atoms with Gasteiger partial charge in [-0.3, -0.25) is 10.5 Å². The Labute approximate surface area is 117 Å². The summed E-state index contributed by atoms with van der Waals surface area (Å²) in [6.07, 6.45) is 1.73. The van der Waals surface area contributed by atoms with Gasteiger partial charge in [-0.05, 0) is 32.4 Å². The predicted molar refractivity (Wildman–Crippen MR) is 77.4 cm³/mol. The molecule has 5 nitrogen and oxygen atoms in total. The first-order valence-electron chi connectivity index (χ1n) is 6.25. The number of nitrogens with one attached hydrogen (secondary N) is 1. The molecule has 0 fully saturated rings. The lowest BCUT2D eigenvalue weighted by Crippen LogP contribution is -2.30. The first-order valence-corrected chi connectivity index (χ1v) is 7.06. The van der Waals surface area contributed by atoms with E-state index in [9.17, 15) is 0 Å². The van der Waals surface area contributed by atoms with Crippen molar-refractivity contribution in [2.45, 2.75) is 33.4 Å². The molecule has 0 spiro atoms. The fraction of sp³-hybridized carbons (Fsp3) is 0.462. The fourth-order valence-corrected chi connectivity index (χ4v) is 3.22. The van der Waals surface area contributed by atoms with Crippen LogP contribution >= 0.6 is 11.3 Å². The number of thiophene rings is 1. The number of hydrogen-bond donors (Lipinski definition) is 2. The topological polar surface area (TPSA) is 65.1 Å². The van der Waals surface area contributed by atoms with Crippen molar-refractivity contribution in [2.24, 2.45) is 5.84 Å². The molecule has 2 rings (SSSR count). The summed E-state index contributed by atoms with van der Waals surface area (Å²) < 4.78 is 7.31. The Morgan fingerprint density at radius 3 is 2.74 bits per heavy atom. The lowest BCUT2D eigenvalue weighted by molar-refractivity contribution is 0.400. The van der Waals surface area contributed by atoms with Crippen LogP contribution in [-0.2, 0) is 6.54 Å². The number of aryl methyl sites for hydroxylation is 3. The van der Waals surface area contributed by atoms with Crippen LogP contribution in [0.25, 0.3) is 0 Å². The second kappa shape index (κ2) is 5.73. The summed E-state index contributed by atoms with van der Waals surface area (Å²) in [5.74, 6) is 6.52. The summed E-state index contributed by atoms with van der Waals surface area (Å²) in [6, 6.07) is 2.06. The first-order chi connectivity index (χ1) is 9.12. The number of nitrogens with zero attached hydrogens (tertiary/aromatic N) is 2. The summed E-state index contributed by atoms with van der Waals surface area (Å²) in [4.78, 5) is 2.47. The van der Waals surface area contributed by atoms with Crippen molar-refractivity contribution in [2.75, 3.05) is 7.11 Å². The highest BCUT2D eigenvalue weighted by atomic mass is 32.1. The van der Waals surface area contributed by atoms with Gasteiger partial charge in [-0.25, -0.2) is 5.43 Å². The molecule has 19 heavy (non-hydrogen) atoms. The Kier molecular flexibility index (Phi) is 4.24. The summed E-state index contributed by atoms with van der Waals surface area (Å²) >= 11 is 1.74. The second-order valence-electron chi connectivity index (χ2n) is 4.40. The van der Waals surface area contributed by atoms with Gasteiger partial charge in [-0.1, -0.05) is 0 Å². The molecular weight excluding hydrogens is 260 g/mol. The minimum atomic E-state index is -0.102. The van der Waals surface area contributed by atoms with Gasteiger partial charge in [-0.2, -0.15) is 5.10 Å². The number of methoxy groups -OCH3 is 1. The minimum Gasteiger partial charge on any atom is -0.493 e. The molecule has 0 saturated heterocycles. The second-order valence-corrected chi connectivity index (χ2v) is 5.69. The number of nitrogens with two attached hydrogens (primary N) is 1. The van der Waals surface area contributed by atoms with Crippen molar-refractivity contribution in [1.82, 2.24) is 15.2 Å². The smallest absolute Gasteiger partial charge is 0.162 e. The van der Waals surface area contributed by atoms with Gasteiger partial charge in [0.25, 0.3) is 0 Å². The van der Waals surface area contributed by atoms with Gasteiger partial charge in [-0.15, -0.1) is 11.3 Å². The lowest BCUT2D eigenvalue weighted by Gasteiger charge is -2.17. The summed E-state index contributed by atoms with van der Waals surface area (Å²) in [7, 11) is 1.65. The highest BCUT2D eigenvalue weighted by Gasteiger charge is 2.24. The van der Waals surface area contributed by atoms with Crippen LogP contribution < -0.4 is 16.0 Å². The van der Waals surface area contributed by atoms with Gasteiger partial charge in [0.2, 0.25) is 0 Å². The summed E-state index contributed by atoms with van der Waals surface area (Å²) in [5, 5.41) is 4.33. The molecule has 2 aromatic heterocycles. The van der Waals surface area contributed by atoms with Crippen LogP contribution in [0, 0.1) is 13.8 Å².